The molecule has 5 nitrogen and oxygen atoms in total. The van der Waals surface area contributed by atoms with Crippen molar-refractivity contribution in [3.63, 3.8) is 0 Å². The minimum Gasteiger partial charge on any atom is -0.325 e. The molecule has 0 heterocycles. The van der Waals surface area contributed by atoms with Crippen LogP contribution in [-0.4, -0.2) is 24.9 Å². The highest BCUT2D eigenvalue weighted by Gasteiger charge is 2.20. The number of amides is 2. The van der Waals surface area contributed by atoms with Crippen LogP contribution in [0.4, 0.5) is 15.8 Å². The van der Waals surface area contributed by atoms with Crippen molar-refractivity contribution in [3.05, 3.63) is 59.9 Å². The molecule has 3 rings (SSSR count). The fourth-order valence-electron chi connectivity index (χ4n) is 2.42. The van der Waals surface area contributed by atoms with Crippen LogP contribution < -0.4 is 16.0 Å². The van der Waals surface area contributed by atoms with E-state index in [1.54, 1.807) is 30.3 Å². The summed E-state index contributed by atoms with van der Waals surface area (Å²) in [5, 5.41) is 8.51. The molecule has 0 bridgehead atoms. The summed E-state index contributed by atoms with van der Waals surface area (Å²) in [6.45, 7) is 1.11. The lowest BCUT2D eigenvalue weighted by molar-refractivity contribution is -0.115. The van der Waals surface area contributed by atoms with Gasteiger partial charge in [0.15, 0.2) is 0 Å². The lowest BCUT2D eigenvalue weighted by atomic mass is 10.1. The van der Waals surface area contributed by atoms with Crippen molar-refractivity contribution in [2.45, 2.75) is 12.8 Å². The second-order valence-electron chi connectivity index (χ2n) is 6.17. The van der Waals surface area contributed by atoms with Crippen LogP contribution >= 0.6 is 12.4 Å². The summed E-state index contributed by atoms with van der Waals surface area (Å²) in [6, 6.07) is 12.3. The Kier molecular flexibility index (Phi) is 7.12. The summed E-state index contributed by atoms with van der Waals surface area (Å²) in [7, 11) is 0. The highest BCUT2D eigenvalue weighted by Crippen LogP contribution is 2.27. The zero-order valence-corrected chi connectivity index (χ0v) is 14.9. The summed E-state index contributed by atoms with van der Waals surface area (Å²) >= 11 is 0. The van der Waals surface area contributed by atoms with E-state index in [0.717, 1.165) is 6.54 Å². The van der Waals surface area contributed by atoms with E-state index >= 15 is 0 Å². The van der Waals surface area contributed by atoms with Gasteiger partial charge in [0, 0.05) is 16.9 Å². The molecule has 2 aromatic carbocycles. The average Bonchev–Trinajstić information content (AvgIpc) is 3.39. The Morgan fingerprint density at radius 2 is 1.69 bits per heavy atom. The number of nitrogens with one attached hydrogen (secondary N) is 3. The second-order valence-corrected chi connectivity index (χ2v) is 6.17. The molecule has 2 aromatic rings. The molecular weight excluding hydrogens is 357 g/mol. The van der Waals surface area contributed by atoms with E-state index < -0.39 is 5.82 Å². The van der Waals surface area contributed by atoms with E-state index in [1.807, 2.05) is 0 Å². The van der Waals surface area contributed by atoms with Gasteiger partial charge >= 0.3 is 0 Å². The number of benzene rings is 2. The highest BCUT2D eigenvalue weighted by atomic mass is 35.5. The molecule has 0 saturated heterocycles. The highest BCUT2D eigenvalue weighted by molar-refractivity contribution is 6.05. The Balaban J connectivity index is 0.00000243. The summed E-state index contributed by atoms with van der Waals surface area (Å²) in [4.78, 5) is 24.2. The fraction of sp³-hybridized carbons (Fsp3) is 0.263. The van der Waals surface area contributed by atoms with Crippen molar-refractivity contribution in [2.75, 3.05) is 23.7 Å². The van der Waals surface area contributed by atoms with Crippen molar-refractivity contribution in [3.8, 4) is 0 Å². The van der Waals surface area contributed by atoms with Crippen LogP contribution in [0.15, 0.2) is 48.5 Å². The van der Waals surface area contributed by atoms with Crippen LogP contribution in [0.2, 0.25) is 0 Å². The predicted molar refractivity (Wildman–Crippen MR) is 102 cm³/mol. The smallest absolute Gasteiger partial charge is 0.255 e. The topological polar surface area (TPSA) is 70.2 Å². The third kappa shape index (κ3) is 6.13. The molecule has 1 aliphatic rings. The van der Waals surface area contributed by atoms with Crippen LogP contribution in [-0.2, 0) is 4.79 Å². The molecule has 7 heteroatoms. The first-order valence-electron chi connectivity index (χ1n) is 8.28. The Labute approximate surface area is 157 Å². The van der Waals surface area contributed by atoms with E-state index in [2.05, 4.69) is 16.0 Å². The van der Waals surface area contributed by atoms with E-state index in [-0.39, 0.29) is 30.8 Å². The van der Waals surface area contributed by atoms with Gasteiger partial charge < -0.3 is 16.0 Å². The molecule has 1 fully saturated rings. The zero-order valence-electron chi connectivity index (χ0n) is 14.1. The average molecular weight is 378 g/mol. The third-order valence-electron chi connectivity index (χ3n) is 3.91. The maximum absolute atomic E-state index is 13.2. The minimum atomic E-state index is -0.419. The Morgan fingerprint density at radius 3 is 2.38 bits per heavy atom. The summed E-state index contributed by atoms with van der Waals surface area (Å²) in [5.74, 6) is -0.225. The molecule has 1 aliphatic carbocycles. The number of carbonyl (C=O) groups is 2. The quantitative estimate of drug-likeness (QED) is 0.692. The first-order valence-corrected chi connectivity index (χ1v) is 8.28. The molecule has 2 amide bonds. The molecule has 0 radical (unpaired) electrons. The summed E-state index contributed by atoms with van der Waals surface area (Å²) in [6.07, 6.45) is 2.47. The van der Waals surface area contributed by atoms with Gasteiger partial charge in [0.25, 0.3) is 5.91 Å². The van der Waals surface area contributed by atoms with Crippen LogP contribution in [0.5, 0.6) is 0 Å². The minimum absolute atomic E-state index is 0. The van der Waals surface area contributed by atoms with E-state index in [0.29, 0.717) is 22.9 Å². The lowest BCUT2D eigenvalue weighted by Gasteiger charge is -2.09. The van der Waals surface area contributed by atoms with Crippen molar-refractivity contribution in [2.24, 2.45) is 5.92 Å². The summed E-state index contributed by atoms with van der Waals surface area (Å²) in [5.41, 5.74) is 1.31. The summed E-state index contributed by atoms with van der Waals surface area (Å²) < 4.78 is 13.2. The number of rotatable bonds is 7. The number of anilines is 2. The normalized spacial score (nSPS) is 12.8. The third-order valence-corrected chi connectivity index (χ3v) is 3.91. The second kappa shape index (κ2) is 9.31. The first-order chi connectivity index (χ1) is 12.1. The van der Waals surface area contributed by atoms with Gasteiger partial charge in [0.1, 0.15) is 5.82 Å². The van der Waals surface area contributed by atoms with Gasteiger partial charge in [-0.3, -0.25) is 9.59 Å². The van der Waals surface area contributed by atoms with Gasteiger partial charge in [-0.2, -0.15) is 0 Å². The Bertz CT molecular complexity index is 781. The molecule has 138 valence electrons. The van der Waals surface area contributed by atoms with E-state index in [4.69, 9.17) is 0 Å². The van der Waals surface area contributed by atoms with E-state index in [1.165, 1.54) is 31.0 Å². The standard InChI is InChI=1S/C19H20FN3O2.ClH/c20-15-4-2-6-17(10-15)23-19(25)14-3-1-5-16(9-14)22-18(24)12-21-11-13-7-8-13;/h1-6,9-10,13,21H,7-8,11-12H2,(H,22,24)(H,23,25);1H. The molecule has 0 aliphatic heterocycles. The van der Waals surface area contributed by atoms with Crippen LogP contribution in [0, 0.1) is 11.7 Å². The number of carbonyl (C=O) groups excluding carboxylic acids is 2. The molecule has 26 heavy (non-hydrogen) atoms. The van der Waals surface area contributed by atoms with Crippen LogP contribution in [0.3, 0.4) is 0 Å². The van der Waals surface area contributed by atoms with Gasteiger partial charge in [0.2, 0.25) is 5.91 Å². The van der Waals surface area contributed by atoms with Gasteiger partial charge in [-0.15, -0.1) is 12.4 Å². The number of hydrogen-bond acceptors (Lipinski definition) is 3. The lowest BCUT2D eigenvalue weighted by Crippen LogP contribution is -2.29. The Morgan fingerprint density at radius 1 is 1.00 bits per heavy atom. The SMILES string of the molecule is Cl.O=C(CNCC1CC1)Nc1cccc(C(=O)Nc2cccc(F)c2)c1. The van der Waals surface area contributed by atoms with Crippen molar-refractivity contribution in [1.29, 1.82) is 0 Å². The Hall–Kier alpha value is -2.44. The van der Waals surface area contributed by atoms with Crippen molar-refractivity contribution in [1.82, 2.24) is 5.32 Å². The molecule has 3 N–H and O–H groups in total. The van der Waals surface area contributed by atoms with Crippen LogP contribution in [0.1, 0.15) is 23.2 Å². The van der Waals surface area contributed by atoms with Crippen molar-refractivity contribution >= 4 is 35.6 Å². The van der Waals surface area contributed by atoms with Gasteiger partial charge in [-0.1, -0.05) is 12.1 Å². The number of halogens is 2. The molecule has 0 atom stereocenters. The van der Waals surface area contributed by atoms with Gasteiger partial charge in [0.05, 0.1) is 6.54 Å². The molecule has 0 aromatic heterocycles. The fourth-order valence-corrected chi connectivity index (χ4v) is 2.42. The molecule has 0 unspecified atom stereocenters. The maximum atomic E-state index is 13.2. The molecule has 0 spiro atoms. The van der Waals surface area contributed by atoms with Gasteiger partial charge in [-0.25, -0.2) is 4.39 Å². The predicted octanol–water partition coefficient (Wildman–Crippen LogP) is 3.44. The first kappa shape index (κ1) is 19.9. The van der Waals surface area contributed by atoms with E-state index in [9.17, 15) is 14.0 Å². The van der Waals surface area contributed by atoms with Crippen molar-refractivity contribution < 1.29 is 14.0 Å². The molecule has 1 saturated carbocycles. The number of hydrogen-bond donors (Lipinski definition) is 3. The largest absolute Gasteiger partial charge is 0.325 e. The van der Waals surface area contributed by atoms with Gasteiger partial charge in [-0.05, 0) is 61.7 Å². The molecular formula is C19H21ClFN3O2. The zero-order chi connectivity index (χ0) is 17.6. The van der Waals surface area contributed by atoms with Crippen LogP contribution in [0.25, 0.3) is 0 Å². The monoisotopic (exact) mass is 377 g/mol. The maximum Gasteiger partial charge on any atom is 0.255 e.